The van der Waals surface area contributed by atoms with E-state index in [0.29, 0.717) is 0 Å². The van der Waals surface area contributed by atoms with Crippen molar-refractivity contribution in [2.24, 2.45) is 0 Å². The molecule has 1 atom stereocenters. The molecule has 1 aliphatic carbocycles. The second kappa shape index (κ2) is 7.20. The number of aromatic nitrogens is 2. The molecule has 1 fully saturated rings. The van der Waals surface area contributed by atoms with Gasteiger partial charge in [0.15, 0.2) is 0 Å². The molecule has 3 rings (SSSR count). The Kier molecular flexibility index (Phi) is 4.83. The van der Waals surface area contributed by atoms with Crippen LogP contribution in [0.1, 0.15) is 32.1 Å². The van der Waals surface area contributed by atoms with Gasteiger partial charge in [-0.3, -0.25) is 4.79 Å². The molecule has 5 heteroatoms. The number of carbonyl (C=O) groups excluding carboxylic acids is 1. The predicted molar refractivity (Wildman–Crippen MR) is 86.5 cm³/mol. The Balaban J connectivity index is 1.53. The van der Waals surface area contributed by atoms with Crippen molar-refractivity contribution in [3.05, 3.63) is 42.3 Å². The number of nitrogens with one attached hydrogen (secondary N) is 1. The molecule has 0 bridgehead atoms. The number of amides is 1. The van der Waals surface area contributed by atoms with Crippen molar-refractivity contribution in [2.75, 3.05) is 18.0 Å². The smallest absolute Gasteiger partial charge is 0.244 e. The monoisotopic (exact) mass is 298 g/mol. The van der Waals surface area contributed by atoms with Crippen LogP contribution in [0.25, 0.3) is 0 Å². The fourth-order valence-corrected chi connectivity index (χ4v) is 3.01. The van der Waals surface area contributed by atoms with Crippen LogP contribution in [0.4, 0.5) is 5.95 Å². The molecule has 0 spiro atoms. The third kappa shape index (κ3) is 3.93. The van der Waals surface area contributed by atoms with Crippen molar-refractivity contribution in [1.82, 2.24) is 15.3 Å². The lowest BCUT2D eigenvalue weighted by atomic mass is 10.1. The van der Waals surface area contributed by atoms with E-state index in [1.54, 1.807) is 18.5 Å². The first kappa shape index (κ1) is 14.8. The number of nitrogens with zero attached hydrogens (tertiary/aromatic N) is 3. The minimum Gasteiger partial charge on any atom is -0.348 e. The minimum atomic E-state index is -0.00590. The lowest BCUT2D eigenvalue weighted by Gasteiger charge is -2.32. The molecule has 116 valence electrons. The molecular formula is C17H22N4O. The van der Waals surface area contributed by atoms with Crippen molar-refractivity contribution < 1.29 is 4.79 Å². The van der Waals surface area contributed by atoms with Gasteiger partial charge in [0, 0.05) is 37.6 Å². The summed E-state index contributed by atoms with van der Waals surface area (Å²) in [5.41, 5.74) is 1.28. The second-order valence-electron chi connectivity index (χ2n) is 5.85. The van der Waals surface area contributed by atoms with E-state index < -0.39 is 0 Å². The number of hydrogen-bond acceptors (Lipinski definition) is 4. The number of allylic oxidation sites excluding steroid dienone is 3. The van der Waals surface area contributed by atoms with Gasteiger partial charge in [0.05, 0.1) is 0 Å². The van der Waals surface area contributed by atoms with Crippen molar-refractivity contribution in [2.45, 2.75) is 38.1 Å². The fourth-order valence-electron chi connectivity index (χ4n) is 3.01. The summed E-state index contributed by atoms with van der Waals surface area (Å²) in [5, 5.41) is 3.09. The largest absolute Gasteiger partial charge is 0.348 e. The lowest BCUT2D eigenvalue weighted by Crippen LogP contribution is -2.47. The van der Waals surface area contributed by atoms with Gasteiger partial charge in [-0.15, -0.1) is 0 Å². The average Bonchev–Trinajstić information content (AvgIpc) is 3.08. The van der Waals surface area contributed by atoms with Gasteiger partial charge in [0.25, 0.3) is 0 Å². The molecule has 0 radical (unpaired) electrons. The Bertz CT molecular complexity index is 567. The summed E-state index contributed by atoms with van der Waals surface area (Å²) in [7, 11) is 0. The van der Waals surface area contributed by atoms with E-state index in [2.05, 4.69) is 26.3 Å². The normalized spacial score (nSPS) is 21.9. The van der Waals surface area contributed by atoms with Crippen molar-refractivity contribution in [3.8, 4) is 0 Å². The van der Waals surface area contributed by atoms with Crippen LogP contribution in [0.2, 0.25) is 0 Å². The summed E-state index contributed by atoms with van der Waals surface area (Å²) >= 11 is 0. The third-order valence-corrected chi connectivity index (χ3v) is 4.13. The first-order valence-corrected chi connectivity index (χ1v) is 8.01. The first-order valence-electron chi connectivity index (χ1n) is 8.01. The molecule has 1 saturated heterocycles. The average molecular weight is 298 g/mol. The summed E-state index contributed by atoms with van der Waals surface area (Å²) in [6, 6.07) is 1.97. The molecule has 1 unspecified atom stereocenters. The highest BCUT2D eigenvalue weighted by molar-refractivity contribution is 5.88. The molecule has 1 aliphatic heterocycles. The van der Waals surface area contributed by atoms with E-state index in [0.717, 1.165) is 44.7 Å². The molecule has 1 N–H and O–H groups in total. The van der Waals surface area contributed by atoms with E-state index in [-0.39, 0.29) is 11.9 Å². The summed E-state index contributed by atoms with van der Waals surface area (Å²) in [4.78, 5) is 22.7. The van der Waals surface area contributed by atoms with E-state index in [1.165, 1.54) is 12.0 Å². The van der Waals surface area contributed by atoms with Gasteiger partial charge in [0.1, 0.15) is 0 Å². The van der Waals surface area contributed by atoms with E-state index >= 15 is 0 Å². The molecule has 2 aliphatic rings. The van der Waals surface area contributed by atoms with Crippen LogP contribution >= 0.6 is 0 Å². The second-order valence-corrected chi connectivity index (χ2v) is 5.85. The SMILES string of the molecule is O=C(/C=C/C1=CCCC1)NC1CCCN(c2ncccn2)C1. The van der Waals surface area contributed by atoms with Gasteiger partial charge in [-0.05, 0) is 38.2 Å². The van der Waals surface area contributed by atoms with Gasteiger partial charge in [-0.25, -0.2) is 9.97 Å². The van der Waals surface area contributed by atoms with E-state index in [4.69, 9.17) is 0 Å². The number of hydrogen-bond donors (Lipinski definition) is 1. The maximum atomic E-state index is 12.0. The van der Waals surface area contributed by atoms with Gasteiger partial charge >= 0.3 is 0 Å². The molecule has 2 heterocycles. The Hall–Kier alpha value is -2.17. The number of piperidine rings is 1. The summed E-state index contributed by atoms with van der Waals surface area (Å²) in [6.45, 7) is 1.71. The predicted octanol–water partition coefficient (Wildman–Crippen LogP) is 2.23. The van der Waals surface area contributed by atoms with Gasteiger partial charge in [0.2, 0.25) is 11.9 Å². The van der Waals surface area contributed by atoms with Crippen LogP contribution in [-0.4, -0.2) is 35.0 Å². The molecule has 1 aromatic rings. The van der Waals surface area contributed by atoms with Gasteiger partial charge in [-0.2, -0.15) is 0 Å². The van der Waals surface area contributed by atoms with Crippen molar-refractivity contribution in [1.29, 1.82) is 0 Å². The standard InChI is InChI=1S/C17H22N4O/c22-16(9-8-14-5-1-2-6-14)20-15-7-3-12-21(13-15)17-18-10-4-11-19-17/h4-5,8-11,15H,1-3,6-7,12-13H2,(H,20,22)/b9-8+. The maximum Gasteiger partial charge on any atom is 0.244 e. The highest BCUT2D eigenvalue weighted by atomic mass is 16.1. The summed E-state index contributed by atoms with van der Waals surface area (Å²) in [6.07, 6.45) is 14.8. The van der Waals surface area contributed by atoms with Crippen LogP contribution in [0.3, 0.4) is 0 Å². The van der Waals surface area contributed by atoms with Crippen LogP contribution in [0, 0.1) is 0 Å². The summed E-state index contributed by atoms with van der Waals surface area (Å²) < 4.78 is 0. The maximum absolute atomic E-state index is 12.0. The van der Waals surface area contributed by atoms with Gasteiger partial charge in [-0.1, -0.05) is 17.7 Å². The Morgan fingerprint density at radius 1 is 1.32 bits per heavy atom. The van der Waals surface area contributed by atoms with Crippen LogP contribution in [0.15, 0.2) is 42.3 Å². The summed E-state index contributed by atoms with van der Waals surface area (Å²) in [5.74, 6) is 0.738. The molecule has 1 aromatic heterocycles. The van der Waals surface area contributed by atoms with Crippen LogP contribution in [0.5, 0.6) is 0 Å². The number of rotatable bonds is 4. The molecule has 0 saturated carbocycles. The van der Waals surface area contributed by atoms with Crippen LogP contribution < -0.4 is 10.2 Å². The third-order valence-electron chi connectivity index (χ3n) is 4.13. The topological polar surface area (TPSA) is 58.1 Å². The minimum absolute atomic E-state index is 0.00590. The molecular weight excluding hydrogens is 276 g/mol. The van der Waals surface area contributed by atoms with E-state index in [1.807, 2.05) is 12.1 Å². The zero-order valence-electron chi connectivity index (χ0n) is 12.7. The Morgan fingerprint density at radius 2 is 2.18 bits per heavy atom. The van der Waals surface area contributed by atoms with Crippen molar-refractivity contribution in [3.63, 3.8) is 0 Å². The van der Waals surface area contributed by atoms with Crippen LogP contribution in [-0.2, 0) is 4.79 Å². The quantitative estimate of drug-likeness (QED) is 0.866. The Morgan fingerprint density at radius 3 is 2.95 bits per heavy atom. The highest BCUT2D eigenvalue weighted by Gasteiger charge is 2.22. The zero-order chi connectivity index (χ0) is 15.2. The van der Waals surface area contributed by atoms with Crippen molar-refractivity contribution >= 4 is 11.9 Å². The molecule has 22 heavy (non-hydrogen) atoms. The number of anilines is 1. The zero-order valence-corrected chi connectivity index (χ0v) is 12.7. The highest BCUT2D eigenvalue weighted by Crippen LogP contribution is 2.18. The molecule has 5 nitrogen and oxygen atoms in total. The fraction of sp³-hybridized carbons (Fsp3) is 0.471. The molecule has 1 amide bonds. The number of carbonyl (C=O) groups is 1. The lowest BCUT2D eigenvalue weighted by molar-refractivity contribution is -0.117. The molecule has 0 aromatic carbocycles. The van der Waals surface area contributed by atoms with E-state index in [9.17, 15) is 4.79 Å². The Labute approximate surface area is 131 Å². The van der Waals surface area contributed by atoms with Gasteiger partial charge < -0.3 is 10.2 Å². The first-order chi connectivity index (χ1) is 10.8.